The van der Waals surface area contributed by atoms with Gasteiger partial charge >= 0.3 is 5.97 Å². The summed E-state index contributed by atoms with van der Waals surface area (Å²) in [6, 6.07) is 11.9. The molecule has 1 unspecified atom stereocenters. The number of hydrazone groups is 1. The molecule has 1 saturated heterocycles. The first kappa shape index (κ1) is 21.6. The van der Waals surface area contributed by atoms with Crippen LogP contribution in [0.4, 0.5) is 5.69 Å². The lowest BCUT2D eigenvalue weighted by atomic mass is 10.0. The van der Waals surface area contributed by atoms with E-state index in [2.05, 4.69) is 10.4 Å². The number of furan rings is 1. The van der Waals surface area contributed by atoms with Crippen LogP contribution in [0.25, 0.3) is 0 Å². The number of likely N-dealkylation sites (tertiary alicyclic amines) is 1. The van der Waals surface area contributed by atoms with Gasteiger partial charge in [-0.3, -0.25) is 14.6 Å². The van der Waals surface area contributed by atoms with E-state index < -0.39 is 12.0 Å². The Labute approximate surface area is 186 Å². The highest BCUT2D eigenvalue weighted by Gasteiger charge is 2.38. The number of benzene rings is 1. The predicted octanol–water partition coefficient (Wildman–Crippen LogP) is 2.20. The van der Waals surface area contributed by atoms with Gasteiger partial charge in [0.25, 0.3) is 5.91 Å². The van der Waals surface area contributed by atoms with E-state index in [0.29, 0.717) is 31.7 Å². The Morgan fingerprint density at radius 2 is 1.88 bits per heavy atom. The summed E-state index contributed by atoms with van der Waals surface area (Å²) in [4.78, 5) is 39.5. The van der Waals surface area contributed by atoms with Crippen LogP contribution in [-0.2, 0) is 14.3 Å². The molecule has 2 aliphatic rings. The van der Waals surface area contributed by atoms with E-state index in [4.69, 9.17) is 9.15 Å². The summed E-state index contributed by atoms with van der Waals surface area (Å²) in [5.74, 6) is -0.528. The molecule has 0 bridgehead atoms. The highest BCUT2D eigenvalue weighted by Crippen LogP contribution is 2.25. The van der Waals surface area contributed by atoms with Crippen LogP contribution in [-0.4, -0.2) is 60.2 Å². The molecule has 0 spiro atoms. The van der Waals surface area contributed by atoms with Crippen LogP contribution in [0.15, 0.2) is 58.2 Å². The van der Waals surface area contributed by atoms with Crippen molar-refractivity contribution in [1.29, 1.82) is 0 Å². The van der Waals surface area contributed by atoms with Crippen molar-refractivity contribution >= 4 is 29.2 Å². The smallest absolute Gasteiger partial charge is 0.354 e. The second kappa shape index (κ2) is 9.67. The van der Waals surface area contributed by atoms with Gasteiger partial charge in [-0.05, 0) is 44.0 Å². The lowest BCUT2D eigenvalue weighted by Crippen LogP contribution is -2.51. The van der Waals surface area contributed by atoms with E-state index in [1.165, 1.54) is 6.26 Å². The molecule has 0 radical (unpaired) electrons. The maximum absolute atomic E-state index is 13.2. The Balaban J connectivity index is 1.39. The molecule has 32 heavy (non-hydrogen) atoms. The number of ether oxygens (including phenoxy) is 1. The number of carbonyl (C=O) groups excluding carboxylic acids is 3. The minimum Gasteiger partial charge on any atom is -0.461 e. The Morgan fingerprint density at radius 1 is 1.12 bits per heavy atom. The molecule has 2 aromatic rings. The third kappa shape index (κ3) is 4.66. The number of anilines is 1. The molecule has 9 nitrogen and oxygen atoms in total. The van der Waals surface area contributed by atoms with Gasteiger partial charge in [0.05, 0.1) is 18.6 Å². The molecule has 0 aliphatic carbocycles. The van der Waals surface area contributed by atoms with Crippen LogP contribution in [0.1, 0.15) is 36.7 Å². The van der Waals surface area contributed by atoms with Gasteiger partial charge < -0.3 is 19.4 Å². The Bertz CT molecular complexity index is 981. The summed E-state index contributed by atoms with van der Waals surface area (Å²) in [6.45, 7) is 3.04. The highest BCUT2D eigenvalue weighted by molar-refractivity contribution is 6.38. The highest BCUT2D eigenvalue weighted by atomic mass is 16.5. The summed E-state index contributed by atoms with van der Waals surface area (Å²) in [5, 5.41) is 9.05. The fourth-order valence-electron chi connectivity index (χ4n) is 3.95. The average Bonchev–Trinajstić information content (AvgIpc) is 3.50. The minimum absolute atomic E-state index is 0.0626. The van der Waals surface area contributed by atoms with E-state index in [1.54, 1.807) is 29.0 Å². The number of esters is 1. The van der Waals surface area contributed by atoms with E-state index in [1.807, 2.05) is 30.3 Å². The zero-order valence-corrected chi connectivity index (χ0v) is 17.9. The topological polar surface area (TPSA) is 104 Å². The zero-order chi connectivity index (χ0) is 22.5. The zero-order valence-electron chi connectivity index (χ0n) is 17.9. The quantitative estimate of drug-likeness (QED) is 0.694. The van der Waals surface area contributed by atoms with Gasteiger partial charge in [-0.15, -0.1) is 0 Å². The van der Waals surface area contributed by atoms with Crippen molar-refractivity contribution in [2.24, 2.45) is 5.10 Å². The van der Waals surface area contributed by atoms with Crippen molar-refractivity contribution in [2.75, 3.05) is 24.7 Å². The molecule has 168 valence electrons. The first-order valence-electron chi connectivity index (χ1n) is 10.8. The van der Waals surface area contributed by atoms with Gasteiger partial charge in [0, 0.05) is 25.6 Å². The molecule has 1 N–H and O–H groups in total. The lowest BCUT2D eigenvalue weighted by molar-refractivity contribution is -0.135. The van der Waals surface area contributed by atoms with E-state index in [0.717, 1.165) is 5.69 Å². The summed E-state index contributed by atoms with van der Waals surface area (Å²) < 4.78 is 10.3. The molecule has 3 heterocycles. The molecular weight excluding hydrogens is 412 g/mol. The minimum atomic E-state index is -0.639. The molecule has 1 aromatic carbocycles. The van der Waals surface area contributed by atoms with Crippen LogP contribution in [0.3, 0.4) is 0 Å². The van der Waals surface area contributed by atoms with Gasteiger partial charge in [-0.2, -0.15) is 5.10 Å². The summed E-state index contributed by atoms with van der Waals surface area (Å²) in [6.07, 6.45) is 2.94. The van der Waals surface area contributed by atoms with Crippen LogP contribution < -0.4 is 10.3 Å². The Hall–Kier alpha value is -3.62. The number of piperidine rings is 1. The lowest BCUT2D eigenvalue weighted by Gasteiger charge is -2.33. The predicted molar refractivity (Wildman–Crippen MR) is 117 cm³/mol. The molecule has 1 fully saturated rings. The molecule has 4 rings (SSSR count). The van der Waals surface area contributed by atoms with Crippen LogP contribution in [0.2, 0.25) is 0 Å². The van der Waals surface area contributed by atoms with Gasteiger partial charge in [0.2, 0.25) is 5.91 Å². The molecule has 0 saturated carbocycles. The van der Waals surface area contributed by atoms with Crippen molar-refractivity contribution in [1.82, 2.24) is 10.2 Å². The number of carbonyl (C=O) groups is 3. The molecule has 2 aliphatic heterocycles. The third-order valence-electron chi connectivity index (χ3n) is 5.61. The van der Waals surface area contributed by atoms with Crippen LogP contribution >= 0.6 is 0 Å². The van der Waals surface area contributed by atoms with Crippen molar-refractivity contribution in [2.45, 2.75) is 38.3 Å². The van der Waals surface area contributed by atoms with Crippen molar-refractivity contribution < 1.29 is 23.5 Å². The first-order valence-corrected chi connectivity index (χ1v) is 10.8. The number of hydrogen-bond acceptors (Lipinski definition) is 7. The second-order valence-corrected chi connectivity index (χ2v) is 7.72. The molecular formula is C23H26N4O5. The van der Waals surface area contributed by atoms with E-state index in [-0.39, 0.29) is 36.6 Å². The average molecular weight is 438 g/mol. The first-order chi connectivity index (χ1) is 15.6. The van der Waals surface area contributed by atoms with E-state index >= 15 is 0 Å². The SMILES string of the molecule is CCOC(=O)C1=NN(c2ccccc2)C(C(=O)NC2CCN(C(=O)c3ccco3)CC2)C1. The largest absolute Gasteiger partial charge is 0.461 e. The van der Waals surface area contributed by atoms with Gasteiger partial charge in [0.1, 0.15) is 11.8 Å². The number of nitrogens with zero attached hydrogens (tertiary/aromatic N) is 3. The fourth-order valence-corrected chi connectivity index (χ4v) is 3.95. The number of para-hydroxylation sites is 1. The van der Waals surface area contributed by atoms with E-state index in [9.17, 15) is 14.4 Å². The number of rotatable bonds is 6. The second-order valence-electron chi connectivity index (χ2n) is 7.72. The summed E-state index contributed by atoms with van der Waals surface area (Å²) in [7, 11) is 0. The number of nitrogens with one attached hydrogen (secondary N) is 1. The van der Waals surface area contributed by atoms with Gasteiger partial charge in [-0.25, -0.2) is 4.79 Å². The molecule has 1 atom stereocenters. The monoisotopic (exact) mass is 438 g/mol. The fraction of sp³-hybridized carbons (Fsp3) is 0.391. The van der Waals surface area contributed by atoms with Crippen molar-refractivity contribution in [3.8, 4) is 0 Å². The normalized spacial score (nSPS) is 18.9. The maximum atomic E-state index is 13.2. The maximum Gasteiger partial charge on any atom is 0.354 e. The number of hydrogen-bond donors (Lipinski definition) is 1. The van der Waals surface area contributed by atoms with Crippen molar-refractivity contribution in [3.05, 3.63) is 54.5 Å². The molecule has 2 amide bonds. The van der Waals surface area contributed by atoms with Gasteiger partial charge in [-0.1, -0.05) is 18.2 Å². The van der Waals surface area contributed by atoms with Crippen LogP contribution in [0.5, 0.6) is 0 Å². The van der Waals surface area contributed by atoms with Crippen LogP contribution in [0, 0.1) is 0 Å². The Morgan fingerprint density at radius 3 is 2.53 bits per heavy atom. The summed E-state index contributed by atoms with van der Waals surface area (Å²) in [5.41, 5.74) is 0.959. The summed E-state index contributed by atoms with van der Waals surface area (Å²) >= 11 is 0. The third-order valence-corrected chi connectivity index (χ3v) is 5.61. The van der Waals surface area contributed by atoms with Gasteiger partial charge in [0.15, 0.2) is 5.76 Å². The van der Waals surface area contributed by atoms with Crippen molar-refractivity contribution in [3.63, 3.8) is 0 Å². The Kier molecular flexibility index (Phi) is 6.53. The molecule has 9 heteroatoms. The molecule has 1 aromatic heterocycles. The standard InChI is InChI=1S/C23H26N4O5/c1-2-31-23(30)18-15-19(27(25-18)17-7-4-3-5-8-17)21(28)24-16-10-12-26(13-11-16)22(29)20-9-6-14-32-20/h3-9,14,16,19H,2,10-13,15H2,1H3,(H,24,28). The number of amides is 2.